The first-order chi connectivity index (χ1) is 10.9. The van der Waals surface area contributed by atoms with Gasteiger partial charge in [-0.3, -0.25) is 0 Å². The van der Waals surface area contributed by atoms with Gasteiger partial charge >= 0.3 is 16.3 Å². The van der Waals surface area contributed by atoms with Gasteiger partial charge in [-0.15, -0.1) is 0 Å². The van der Waals surface area contributed by atoms with E-state index in [0.717, 1.165) is 48.7 Å². The van der Waals surface area contributed by atoms with Crippen LogP contribution >= 0.6 is 0 Å². The molecule has 0 aliphatic carbocycles. The number of halogens is 3. The van der Waals surface area contributed by atoms with Crippen molar-refractivity contribution in [3.63, 3.8) is 0 Å². The third-order valence-corrected chi connectivity index (χ3v) is 5.30. The lowest BCUT2D eigenvalue weighted by atomic mass is 10.2. The molecule has 130 valence electrons. The minimum atomic E-state index is -4.64. The highest BCUT2D eigenvalue weighted by atomic mass is 32.2. The summed E-state index contributed by atoms with van der Waals surface area (Å²) in [5.74, 6) is -0.503. The molecule has 0 amide bonds. The van der Waals surface area contributed by atoms with Gasteiger partial charge in [0.25, 0.3) is 0 Å². The van der Waals surface area contributed by atoms with E-state index in [1.807, 2.05) is 0 Å². The molecule has 0 bridgehead atoms. The van der Waals surface area contributed by atoms with Gasteiger partial charge in [-0.25, -0.2) is 8.42 Å². The average Bonchev–Trinajstić information content (AvgIpc) is 2.45. The maximum atomic E-state index is 12.6. The quantitative estimate of drug-likeness (QED) is 0.763. The van der Waals surface area contributed by atoms with Crippen molar-refractivity contribution in [1.82, 2.24) is 0 Å². The zero-order valence-electron chi connectivity index (χ0n) is 12.1. The lowest BCUT2D eigenvalue weighted by Gasteiger charge is -2.10. The van der Waals surface area contributed by atoms with Crippen molar-refractivity contribution >= 4 is 20.0 Å². The van der Waals surface area contributed by atoms with Crippen molar-refractivity contribution in [2.24, 2.45) is 0 Å². The van der Waals surface area contributed by atoms with E-state index in [1.165, 1.54) is 0 Å². The number of hydrogen-bond donors (Lipinski definition) is 0. The van der Waals surface area contributed by atoms with Gasteiger partial charge in [0, 0.05) is 6.26 Å². The molecule has 5 nitrogen and oxygen atoms in total. The van der Waals surface area contributed by atoms with E-state index in [4.69, 9.17) is 0 Å². The lowest BCUT2D eigenvalue weighted by molar-refractivity contribution is -0.137. The molecule has 0 aromatic heterocycles. The van der Waals surface area contributed by atoms with Gasteiger partial charge in [0.2, 0.25) is 0 Å². The largest absolute Gasteiger partial charge is 0.416 e. The topological polar surface area (TPSA) is 77.5 Å². The maximum Gasteiger partial charge on any atom is 0.416 e. The first-order valence-corrected chi connectivity index (χ1v) is 9.61. The van der Waals surface area contributed by atoms with E-state index in [2.05, 4.69) is 4.18 Å². The summed E-state index contributed by atoms with van der Waals surface area (Å²) in [6.07, 6.45) is -3.68. The van der Waals surface area contributed by atoms with Crippen molar-refractivity contribution in [2.45, 2.75) is 16.0 Å². The highest BCUT2D eigenvalue weighted by molar-refractivity contribution is 7.90. The summed E-state index contributed by atoms with van der Waals surface area (Å²) in [7, 11) is -7.91. The fourth-order valence-corrected chi connectivity index (χ4v) is 3.31. The van der Waals surface area contributed by atoms with Gasteiger partial charge in [0.1, 0.15) is 10.6 Å². The van der Waals surface area contributed by atoms with Crippen molar-refractivity contribution in [1.29, 1.82) is 0 Å². The van der Waals surface area contributed by atoms with Crippen molar-refractivity contribution in [2.75, 3.05) is 6.26 Å². The molecule has 0 aliphatic rings. The molecule has 2 rings (SSSR count). The number of rotatable bonds is 4. The summed E-state index contributed by atoms with van der Waals surface area (Å²) in [6.45, 7) is 0. The zero-order valence-corrected chi connectivity index (χ0v) is 13.7. The zero-order chi connectivity index (χ0) is 18.2. The molecule has 0 spiro atoms. The van der Waals surface area contributed by atoms with Gasteiger partial charge in [-0.05, 0) is 42.5 Å². The smallest absolute Gasteiger partial charge is 0.379 e. The second-order valence-corrected chi connectivity index (χ2v) is 8.37. The summed E-state index contributed by atoms with van der Waals surface area (Å²) < 4.78 is 89.3. The van der Waals surface area contributed by atoms with Crippen molar-refractivity contribution in [3.8, 4) is 5.75 Å². The Morgan fingerprint density at radius 3 is 1.92 bits per heavy atom. The van der Waals surface area contributed by atoms with Gasteiger partial charge in [0.15, 0.2) is 9.84 Å². The molecule has 0 saturated heterocycles. The van der Waals surface area contributed by atoms with Crippen LogP contribution in [0, 0.1) is 0 Å². The molecular weight excluding hydrogens is 369 g/mol. The maximum absolute atomic E-state index is 12.6. The monoisotopic (exact) mass is 380 g/mol. The third kappa shape index (κ3) is 4.26. The summed E-state index contributed by atoms with van der Waals surface area (Å²) in [5, 5.41) is 0. The number of benzene rings is 2. The third-order valence-electron chi connectivity index (χ3n) is 2.91. The van der Waals surface area contributed by atoms with Crippen molar-refractivity contribution < 1.29 is 34.2 Å². The van der Waals surface area contributed by atoms with E-state index in [1.54, 1.807) is 0 Å². The van der Waals surface area contributed by atoms with E-state index in [-0.39, 0.29) is 9.79 Å². The Morgan fingerprint density at radius 2 is 1.42 bits per heavy atom. The Kier molecular flexibility index (Phi) is 4.64. The number of hydrogen-bond acceptors (Lipinski definition) is 5. The van der Waals surface area contributed by atoms with Gasteiger partial charge in [0.05, 0.1) is 10.5 Å². The molecular formula is C14H11F3O5S2. The minimum absolute atomic E-state index is 0.0967. The van der Waals surface area contributed by atoms with Crippen LogP contribution in [0.4, 0.5) is 13.2 Å². The normalized spacial score (nSPS) is 12.8. The second kappa shape index (κ2) is 6.10. The van der Waals surface area contributed by atoms with Crippen LogP contribution in [0.2, 0.25) is 0 Å². The molecule has 10 heteroatoms. The first kappa shape index (κ1) is 18.3. The van der Waals surface area contributed by atoms with Crippen molar-refractivity contribution in [3.05, 3.63) is 54.1 Å². The Labute approximate surface area is 136 Å². The lowest BCUT2D eigenvalue weighted by Crippen LogP contribution is -2.11. The second-order valence-electron chi connectivity index (χ2n) is 4.81. The standard InChI is InChI=1S/C14H11F3O5S2/c1-23(18,19)12-5-7-13(8-6-12)24(20,21)22-11-4-2-3-10(9-11)14(15,16)17/h2-9H,1H3. The van der Waals surface area contributed by atoms with Crippen LogP contribution in [-0.4, -0.2) is 23.1 Å². The summed E-state index contributed by atoms with van der Waals surface area (Å²) in [4.78, 5) is -0.479. The van der Waals surface area contributed by atoms with E-state index in [9.17, 15) is 30.0 Å². The van der Waals surface area contributed by atoms with Crippen LogP contribution < -0.4 is 4.18 Å². The molecule has 2 aromatic carbocycles. The number of sulfone groups is 1. The molecule has 2 aromatic rings. The predicted octanol–water partition coefficient (Wildman–Crippen LogP) is 2.88. The predicted molar refractivity (Wildman–Crippen MR) is 78.8 cm³/mol. The van der Waals surface area contributed by atoms with Gasteiger partial charge in [-0.1, -0.05) is 6.07 Å². The highest BCUT2D eigenvalue weighted by Gasteiger charge is 2.31. The minimum Gasteiger partial charge on any atom is -0.379 e. The molecule has 0 unspecified atom stereocenters. The Morgan fingerprint density at radius 1 is 0.875 bits per heavy atom. The van der Waals surface area contributed by atoms with Gasteiger partial charge < -0.3 is 4.18 Å². The summed E-state index contributed by atoms with van der Waals surface area (Å²) in [5.41, 5.74) is -1.05. The first-order valence-electron chi connectivity index (χ1n) is 6.31. The molecule has 0 aliphatic heterocycles. The van der Waals surface area contributed by atoms with E-state index in [0.29, 0.717) is 6.07 Å². The van der Waals surface area contributed by atoms with Gasteiger partial charge in [-0.2, -0.15) is 21.6 Å². The summed E-state index contributed by atoms with van der Waals surface area (Å²) >= 11 is 0. The summed E-state index contributed by atoms with van der Waals surface area (Å²) in [6, 6.07) is 7.55. The SMILES string of the molecule is CS(=O)(=O)c1ccc(S(=O)(=O)Oc2cccc(C(F)(F)F)c2)cc1. The molecule has 24 heavy (non-hydrogen) atoms. The number of alkyl halides is 3. The molecule has 0 atom stereocenters. The molecule has 0 radical (unpaired) electrons. The van der Waals surface area contributed by atoms with Crippen LogP contribution in [0.25, 0.3) is 0 Å². The van der Waals surface area contributed by atoms with E-state index < -0.39 is 37.4 Å². The molecule has 0 N–H and O–H groups in total. The highest BCUT2D eigenvalue weighted by Crippen LogP contribution is 2.32. The van der Waals surface area contributed by atoms with E-state index >= 15 is 0 Å². The fraction of sp³-hybridized carbons (Fsp3) is 0.143. The van der Waals surface area contributed by atoms with Crippen LogP contribution in [0.15, 0.2) is 58.3 Å². The Balaban J connectivity index is 2.32. The van der Waals surface area contributed by atoms with Crippen LogP contribution in [0.3, 0.4) is 0 Å². The van der Waals surface area contributed by atoms with Crippen LogP contribution in [0.1, 0.15) is 5.56 Å². The van der Waals surface area contributed by atoms with Crippen LogP contribution in [0.5, 0.6) is 5.75 Å². The molecule has 0 saturated carbocycles. The van der Waals surface area contributed by atoms with Crippen LogP contribution in [-0.2, 0) is 26.1 Å². The Hall–Kier alpha value is -2.07. The average molecular weight is 380 g/mol. The fourth-order valence-electron chi connectivity index (χ4n) is 1.75. The molecule has 0 heterocycles. The Bertz CT molecular complexity index is 947. The molecule has 0 fully saturated rings.